The van der Waals surface area contributed by atoms with Crippen molar-refractivity contribution in [3.63, 3.8) is 0 Å². The van der Waals surface area contributed by atoms with Crippen LogP contribution in [0.5, 0.6) is 0 Å². The molecule has 0 unspecified atom stereocenters. The van der Waals surface area contributed by atoms with E-state index in [0.717, 1.165) is 5.56 Å². The number of rotatable bonds is 6. The molecule has 168 valence electrons. The summed E-state index contributed by atoms with van der Waals surface area (Å²) in [7, 11) is 6.07. The van der Waals surface area contributed by atoms with Crippen LogP contribution in [0.1, 0.15) is 38.5 Å². The fourth-order valence-electron chi connectivity index (χ4n) is 1.62. The number of benzene rings is 1. The van der Waals surface area contributed by atoms with Gasteiger partial charge < -0.3 is 28.4 Å². The lowest BCUT2D eigenvalue weighted by Crippen LogP contribution is -1.96. The summed E-state index contributed by atoms with van der Waals surface area (Å²) in [6.45, 7) is 6.31. The molecule has 0 radical (unpaired) electrons. The highest BCUT2D eigenvalue weighted by Gasteiger charge is 2.16. The summed E-state index contributed by atoms with van der Waals surface area (Å²) in [4.78, 5) is 19.9. The van der Waals surface area contributed by atoms with E-state index < -0.39 is 0 Å². The summed E-state index contributed by atoms with van der Waals surface area (Å²) in [6, 6.07) is 9.98. The van der Waals surface area contributed by atoms with Gasteiger partial charge in [-0.05, 0) is 0 Å². The van der Waals surface area contributed by atoms with Crippen molar-refractivity contribution in [2.45, 2.75) is 33.0 Å². The highest BCUT2D eigenvalue weighted by molar-refractivity contribution is 5.68. The first-order valence-electron chi connectivity index (χ1n) is 9.40. The van der Waals surface area contributed by atoms with Crippen molar-refractivity contribution in [3.05, 3.63) is 35.9 Å². The molecule has 0 bridgehead atoms. The zero-order valence-corrected chi connectivity index (χ0v) is 18.5. The molecule has 1 fully saturated rings. The van der Waals surface area contributed by atoms with Crippen molar-refractivity contribution in [1.82, 2.24) is 0 Å². The zero-order chi connectivity index (χ0) is 22.3. The van der Waals surface area contributed by atoms with Gasteiger partial charge in [0.05, 0.1) is 40.6 Å². The van der Waals surface area contributed by atoms with Crippen molar-refractivity contribution in [2.24, 2.45) is 0 Å². The number of esters is 2. The van der Waals surface area contributed by atoms with E-state index in [1.54, 1.807) is 28.1 Å². The van der Waals surface area contributed by atoms with Crippen LogP contribution < -0.4 is 0 Å². The topological polar surface area (TPSA) is 89.5 Å². The molecule has 2 rings (SSSR count). The van der Waals surface area contributed by atoms with Crippen molar-refractivity contribution in [1.29, 1.82) is 0 Å². The molecular weight excluding hydrogens is 380 g/mol. The second-order valence-corrected chi connectivity index (χ2v) is 5.33. The molecule has 1 aliphatic heterocycles. The summed E-state index contributed by atoms with van der Waals surface area (Å²) in [5.41, 5.74) is 1.10. The van der Waals surface area contributed by atoms with Crippen LogP contribution in [0.25, 0.3) is 0 Å². The van der Waals surface area contributed by atoms with E-state index >= 15 is 0 Å². The Kier molecular flexibility index (Phi) is 22.4. The second kappa shape index (κ2) is 22.3. The van der Waals surface area contributed by atoms with Gasteiger partial charge in [0.1, 0.15) is 0 Å². The van der Waals surface area contributed by atoms with Gasteiger partial charge in [-0.3, -0.25) is 9.59 Å². The first kappa shape index (κ1) is 29.2. The molecule has 0 atom stereocenters. The van der Waals surface area contributed by atoms with E-state index in [0.29, 0.717) is 39.3 Å². The standard InChI is InChI=1S/C9H10O2.C4H10O2.2C4H8O2/c1-2-4-8(5-3-1)9-10-6-7-11-9;1-5-3-4-6-2;2*1-3-4(5)6-2/h1-5,9H,6-7H2;3-4H2,1-2H3;2*3H2,1-2H3. The number of hydrogen-bond acceptors (Lipinski definition) is 8. The lowest BCUT2D eigenvalue weighted by Gasteiger charge is -2.07. The van der Waals surface area contributed by atoms with Crippen molar-refractivity contribution < 1.29 is 38.0 Å². The third-order valence-electron chi connectivity index (χ3n) is 3.22. The Morgan fingerprint density at radius 2 is 1.24 bits per heavy atom. The van der Waals surface area contributed by atoms with E-state index in [1.807, 2.05) is 30.3 Å². The normalized spacial score (nSPS) is 12.2. The molecule has 0 saturated carbocycles. The zero-order valence-electron chi connectivity index (χ0n) is 18.5. The van der Waals surface area contributed by atoms with Gasteiger partial charge in [0, 0.05) is 32.6 Å². The Morgan fingerprint density at radius 1 is 0.828 bits per heavy atom. The molecule has 1 aliphatic rings. The fraction of sp³-hybridized carbons (Fsp3) is 0.619. The summed E-state index contributed by atoms with van der Waals surface area (Å²) < 4.78 is 28.5. The van der Waals surface area contributed by atoms with Crippen LogP contribution in [-0.2, 0) is 38.0 Å². The largest absolute Gasteiger partial charge is 0.469 e. The highest BCUT2D eigenvalue weighted by Crippen LogP contribution is 2.22. The number of carbonyl (C=O) groups excluding carboxylic acids is 2. The first-order valence-corrected chi connectivity index (χ1v) is 9.40. The Balaban J connectivity index is 0. The number of methoxy groups -OCH3 is 4. The van der Waals surface area contributed by atoms with Gasteiger partial charge in [-0.25, -0.2) is 0 Å². The van der Waals surface area contributed by atoms with E-state index in [9.17, 15) is 9.59 Å². The van der Waals surface area contributed by atoms with Crippen LogP contribution in [0.4, 0.5) is 0 Å². The monoisotopic (exact) mass is 416 g/mol. The van der Waals surface area contributed by atoms with Crippen LogP contribution in [0.15, 0.2) is 30.3 Å². The lowest BCUT2D eigenvalue weighted by molar-refractivity contribution is -0.141. The van der Waals surface area contributed by atoms with Crippen LogP contribution in [0, 0.1) is 0 Å². The first-order chi connectivity index (χ1) is 14.0. The molecule has 1 heterocycles. The van der Waals surface area contributed by atoms with E-state index in [1.165, 1.54) is 14.2 Å². The minimum Gasteiger partial charge on any atom is -0.469 e. The molecule has 8 nitrogen and oxygen atoms in total. The van der Waals surface area contributed by atoms with E-state index in [-0.39, 0.29) is 18.2 Å². The maximum Gasteiger partial charge on any atom is 0.305 e. The summed E-state index contributed by atoms with van der Waals surface area (Å²) in [5.74, 6) is -0.315. The van der Waals surface area contributed by atoms with Crippen LogP contribution >= 0.6 is 0 Å². The second-order valence-electron chi connectivity index (χ2n) is 5.33. The molecule has 1 saturated heterocycles. The quantitative estimate of drug-likeness (QED) is 0.516. The van der Waals surface area contributed by atoms with Gasteiger partial charge in [-0.1, -0.05) is 44.2 Å². The number of ether oxygens (including phenoxy) is 6. The fourth-order valence-corrected chi connectivity index (χ4v) is 1.62. The van der Waals surface area contributed by atoms with Crippen LogP contribution in [0.3, 0.4) is 0 Å². The van der Waals surface area contributed by atoms with Gasteiger partial charge in [-0.2, -0.15) is 0 Å². The minimum absolute atomic E-state index is 0.129. The predicted molar refractivity (Wildman–Crippen MR) is 109 cm³/mol. The average Bonchev–Trinajstić information content (AvgIpc) is 3.33. The number of carbonyl (C=O) groups is 2. The average molecular weight is 417 g/mol. The van der Waals surface area contributed by atoms with Crippen LogP contribution in [0.2, 0.25) is 0 Å². The molecule has 0 amide bonds. The van der Waals surface area contributed by atoms with E-state index in [2.05, 4.69) is 18.9 Å². The summed E-state index contributed by atoms with van der Waals surface area (Å²) in [5, 5.41) is 0. The smallest absolute Gasteiger partial charge is 0.305 e. The molecule has 8 heteroatoms. The SMILES string of the molecule is CCC(=O)OC.CCC(=O)OC.COCCOC.c1ccc(C2OCCO2)cc1. The predicted octanol–water partition coefficient (Wildman–Crippen LogP) is 3.15. The minimum atomic E-state index is -0.157. The Bertz CT molecular complexity index is 455. The molecule has 0 spiro atoms. The van der Waals surface area contributed by atoms with Gasteiger partial charge >= 0.3 is 11.9 Å². The Hall–Kier alpha value is -2.00. The molecular formula is C21H36O8. The maximum absolute atomic E-state index is 9.96. The molecule has 0 N–H and O–H groups in total. The lowest BCUT2D eigenvalue weighted by atomic mass is 10.2. The van der Waals surface area contributed by atoms with E-state index in [4.69, 9.17) is 9.47 Å². The molecule has 1 aromatic carbocycles. The van der Waals surface area contributed by atoms with Crippen molar-refractivity contribution in [3.8, 4) is 0 Å². The van der Waals surface area contributed by atoms with Crippen LogP contribution in [-0.4, -0.2) is 66.8 Å². The Morgan fingerprint density at radius 3 is 1.52 bits per heavy atom. The summed E-state index contributed by atoms with van der Waals surface area (Å²) >= 11 is 0. The number of hydrogen-bond donors (Lipinski definition) is 0. The van der Waals surface area contributed by atoms with Crippen molar-refractivity contribution in [2.75, 3.05) is 54.9 Å². The van der Waals surface area contributed by atoms with Crippen molar-refractivity contribution >= 4 is 11.9 Å². The highest BCUT2D eigenvalue weighted by atomic mass is 16.7. The van der Waals surface area contributed by atoms with Gasteiger partial charge in [0.25, 0.3) is 0 Å². The van der Waals surface area contributed by atoms with Gasteiger partial charge in [-0.15, -0.1) is 0 Å². The molecule has 29 heavy (non-hydrogen) atoms. The molecule has 0 aromatic heterocycles. The van der Waals surface area contributed by atoms with Gasteiger partial charge in [0.2, 0.25) is 0 Å². The third-order valence-corrected chi connectivity index (χ3v) is 3.22. The third kappa shape index (κ3) is 19.1. The van der Waals surface area contributed by atoms with Gasteiger partial charge in [0.15, 0.2) is 6.29 Å². The Labute approximate surface area is 174 Å². The molecule has 0 aliphatic carbocycles. The molecule has 1 aromatic rings. The summed E-state index contributed by atoms with van der Waals surface area (Å²) in [6.07, 6.45) is 0.809. The maximum atomic E-state index is 9.96.